The first-order chi connectivity index (χ1) is 9.40. The Balaban J connectivity index is 2.18. The number of aliphatic carboxylic acids is 1. The molecule has 0 bridgehead atoms. The van der Waals surface area contributed by atoms with Gasteiger partial charge in [0.05, 0.1) is 16.8 Å². The van der Waals surface area contributed by atoms with E-state index < -0.39 is 30.0 Å². The van der Waals surface area contributed by atoms with E-state index in [1.54, 1.807) is 0 Å². The standard InChI is InChI=1S/C12H12ClFN2O4/c13-7-2-1-3-8(14)10(7)15-12(20)16-5-6(17)4-9(16)11(18)19/h1-3,6,9,17H,4-5H2,(H,15,20)(H,18,19)/t6-,9-/m1/s1. The van der Waals surface area contributed by atoms with Crippen LogP contribution >= 0.6 is 11.6 Å². The highest BCUT2D eigenvalue weighted by atomic mass is 35.5. The minimum Gasteiger partial charge on any atom is -0.480 e. The van der Waals surface area contributed by atoms with Crippen LogP contribution in [0.5, 0.6) is 0 Å². The number of hydrogen-bond acceptors (Lipinski definition) is 3. The second-order valence-corrected chi connectivity index (χ2v) is 4.83. The number of likely N-dealkylation sites (tertiary alicyclic amines) is 1. The fraction of sp³-hybridized carbons (Fsp3) is 0.333. The topological polar surface area (TPSA) is 89.9 Å². The molecular formula is C12H12ClFN2O4. The van der Waals surface area contributed by atoms with Crippen LogP contribution in [0, 0.1) is 5.82 Å². The highest BCUT2D eigenvalue weighted by Gasteiger charge is 2.39. The Morgan fingerprint density at radius 3 is 2.75 bits per heavy atom. The first kappa shape index (κ1) is 14.5. The maximum atomic E-state index is 13.5. The minimum atomic E-state index is -1.23. The van der Waals surface area contributed by atoms with Crippen LogP contribution in [0.4, 0.5) is 14.9 Å². The number of carbonyl (C=O) groups is 2. The Bertz CT molecular complexity index is 534. The maximum absolute atomic E-state index is 13.5. The molecule has 108 valence electrons. The van der Waals surface area contributed by atoms with E-state index in [2.05, 4.69) is 5.32 Å². The van der Waals surface area contributed by atoms with Gasteiger partial charge in [-0.15, -0.1) is 0 Å². The van der Waals surface area contributed by atoms with E-state index in [-0.39, 0.29) is 23.7 Å². The van der Waals surface area contributed by atoms with Gasteiger partial charge < -0.3 is 20.4 Å². The van der Waals surface area contributed by atoms with Crippen molar-refractivity contribution in [1.29, 1.82) is 0 Å². The lowest BCUT2D eigenvalue weighted by molar-refractivity contribution is -0.141. The van der Waals surface area contributed by atoms with Crippen molar-refractivity contribution in [2.45, 2.75) is 18.6 Å². The van der Waals surface area contributed by atoms with Crippen molar-refractivity contribution in [3.63, 3.8) is 0 Å². The SMILES string of the molecule is O=C(O)[C@H]1C[C@@H](O)CN1C(=O)Nc1c(F)cccc1Cl. The van der Waals surface area contributed by atoms with Gasteiger partial charge in [0.1, 0.15) is 11.9 Å². The predicted octanol–water partition coefficient (Wildman–Crippen LogP) is 1.53. The summed E-state index contributed by atoms with van der Waals surface area (Å²) in [6.07, 6.45) is -0.980. The number of aliphatic hydroxyl groups is 1. The number of para-hydroxylation sites is 1. The molecule has 0 radical (unpaired) electrons. The van der Waals surface area contributed by atoms with Gasteiger partial charge in [-0.05, 0) is 12.1 Å². The second-order valence-electron chi connectivity index (χ2n) is 4.42. The fourth-order valence-electron chi connectivity index (χ4n) is 2.07. The van der Waals surface area contributed by atoms with Gasteiger partial charge in [-0.1, -0.05) is 17.7 Å². The van der Waals surface area contributed by atoms with Crippen molar-refractivity contribution in [3.05, 3.63) is 29.0 Å². The van der Waals surface area contributed by atoms with Gasteiger partial charge in [-0.2, -0.15) is 0 Å². The van der Waals surface area contributed by atoms with E-state index in [1.807, 2.05) is 0 Å². The number of amides is 2. The summed E-state index contributed by atoms with van der Waals surface area (Å²) in [5, 5.41) is 20.7. The molecule has 2 rings (SSSR count). The number of nitrogens with one attached hydrogen (secondary N) is 1. The molecule has 1 aliphatic rings. The summed E-state index contributed by atoms with van der Waals surface area (Å²) in [7, 11) is 0. The van der Waals surface area contributed by atoms with Gasteiger partial charge in [0, 0.05) is 13.0 Å². The molecule has 0 saturated carbocycles. The lowest BCUT2D eigenvalue weighted by Crippen LogP contribution is -2.43. The number of aliphatic hydroxyl groups excluding tert-OH is 1. The number of β-amino-alcohol motifs (C(OH)–C–C–N with tert-alkyl or cyclic N) is 1. The molecule has 6 nitrogen and oxygen atoms in total. The van der Waals surface area contributed by atoms with Crippen LogP contribution in [-0.4, -0.2) is 45.8 Å². The van der Waals surface area contributed by atoms with Gasteiger partial charge in [-0.25, -0.2) is 14.0 Å². The molecule has 0 unspecified atom stereocenters. The summed E-state index contributed by atoms with van der Waals surface area (Å²) in [6, 6.07) is 1.94. The Kier molecular flexibility index (Phi) is 4.10. The zero-order chi connectivity index (χ0) is 14.9. The van der Waals surface area contributed by atoms with Gasteiger partial charge in [-0.3, -0.25) is 0 Å². The monoisotopic (exact) mass is 302 g/mol. The van der Waals surface area contributed by atoms with Crippen molar-refractivity contribution in [2.75, 3.05) is 11.9 Å². The highest BCUT2D eigenvalue weighted by molar-refractivity contribution is 6.33. The quantitative estimate of drug-likeness (QED) is 0.773. The molecule has 1 heterocycles. The molecule has 1 aromatic carbocycles. The number of benzene rings is 1. The first-order valence-electron chi connectivity index (χ1n) is 5.82. The molecule has 1 saturated heterocycles. The third kappa shape index (κ3) is 2.83. The highest BCUT2D eigenvalue weighted by Crippen LogP contribution is 2.26. The molecule has 0 aromatic heterocycles. The zero-order valence-corrected chi connectivity index (χ0v) is 11.0. The van der Waals surface area contributed by atoms with Crippen LogP contribution in [-0.2, 0) is 4.79 Å². The molecular weight excluding hydrogens is 291 g/mol. The first-order valence-corrected chi connectivity index (χ1v) is 6.20. The number of carbonyl (C=O) groups excluding carboxylic acids is 1. The number of urea groups is 1. The van der Waals surface area contributed by atoms with Crippen molar-refractivity contribution in [3.8, 4) is 0 Å². The lowest BCUT2D eigenvalue weighted by Gasteiger charge is -2.22. The zero-order valence-electron chi connectivity index (χ0n) is 10.2. The van der Waals surface area contributed by atoms with Crippen molar-refractivity contribution in [1.82, 2.24) is 4.90 Å². The minimum absolute atomic E-state index is 0.00460. The number of carboxylic acid groups (broad SMARTS) is 1. The van der Waals surface area contributed by atoms with Crippen LogP contribution in [0.25, 0.3) is 0 Å². The molecule has 8 heteroatoms. The Labute approximate surface area is 118 Å². The number of hydrogen-bond donors (Lipinski definition) is 3. The largest absolute Gasteiger partial charge is 0.480 e. The normalized spacial score (nSPS) is 21.9. The van der Waals surface area contributed by atoms with Gasteiger partial charge in [0.15, 0.2) is 0 Å². The van der Waals surface area contributed by atoms with Crippen LogP contribution in [0.15, 0.2) is 18.2 Å². The van der Waals surface area contributed by atoms with Crippen molar-refractivity contribution >= 4 is 29.3 Å². The third-order valence-electron chi connectivity index (χ3n) is 3.02. The molecule has 2 amide bonds. The number of carboxylic acids is 1. The molecule has 3 N–H and O–H groups in total. The molecule has 1 fully saturated rings. The van der Waals surface area contributed by atoms with E-state index in [9.17, 15) is 19.1 Å². The van der Waals surface area contributed by atoms with Gasteiger partial charge in [0.25, 0.3) is 0 Å². The lowest BCUT2D eigenvalue weighted by atomic mass is 10.2. The van der Waals surface area contributed by atoms with Gasteiger partial charge in [0.2, 0.25) is 0 Å². The molecule has 0 aliphatic carbocycles. The van der Waals surface area contributed by atoms with E-state index >= 15 is 0 Å². The van der Waals surface area contributed by atoms with Crippen molar-refractivity contribution < 1.29 is 24.2 Å². The molecule has 0 spiro atoms. The fourth-order valence-corrected chi connectivity index (χ4v) is 2.28. The number of anilines is 1. The summed E-state index contributed by atoms with van der Waals surface area (Å²) in [6.45, 7) is -0.130. The maximum Gasteiger partial charge on any atom is 0.326 e. The predicted molar refractivity (Wildman–Crippen MR) is 69.2 cm³/mol. The van der Waals surface area contributed by atoms with E-state index in [4.69, 9.17) is 16.7 Å². The number of halogens is 2. The van der Waals surface area contributed by atoms with Crippen molar-refractivity contribution in [2.24, 2.45) is 0 Å². The molecule has 20 heavy (non-hydrogen) atoms. The summed E-state index contributed by atoms with van der Waals surface area (Å²) in [5.74, 6) is -1.95. The number of nitrogens with zero attached hydrogens (tertiary/aromatic N) is 1. The average molecular weight is 303 g/mol. The molecule has 1 aliphatic heterocycles. The smallest absolute Gasteiger partial charge is 0.326 e. The Morgan fingerprint density at radius 1 is 1.45 bits per heavy atom. The summed E-state index contributed by atoms with van der Waals surface area (Å²) < 4.78 is 13.5. The van der Waals surface area contributed by atoms with E-state index in [1.165, 1.54) is 12.1 Å². The summed E-state index contributed by atoms with van der Waals surface area (Å²) >= 11 is 5.77. The summed E-state index contributed by atoms with van der Waals surface area (Å²) in [4.78, 5) is 24.0. The Hall–Kier alpha value is -1.86. The molecule has 1 aromatic rings. The van der Waals surface area contributed by atoms with E-state index in [0.29, 0.717) is 0 Å². The van der Waals surface area contributed by atoms with Crippen LogP contribution < -0.4 is 5.32 Å². The van der Waals surface area contributed by atoms with Crippen LogP contribution in [0.3, 0.4) is 0 Å². The van der Waals surface area contributed by atoms with E-state index in [0.717, 1.165) is 11.0 Å². The van der Waals surface area contributed by atoms with Crippen LogP contribution in [0.1, 0.15) is 6.42 Å². The third-order valence-corrected chi connectivity index (χ3v) is 3.33. The second kappa shape index (κ2) is 5.64. The number of rotatable bonds is 2. The summed E-state index contributed by atoms with van der Waals surface area (Å²) in [5.41, 5.74) is -0.218. The van der Waals surface area contributed by atoms with Crippen LogP contribution in [0.2, 0.25) is 5.02 Å². The Morgan fingerprint density at radius 2 is 2.15 bits per heavy atom. The van der Waals surface area contributed by atoms with Gasteiger partial charge >= 0.3 is 12.0 Å². The molecule has 2 atom stereocenters. The average Bonchev–Trinajstić information content (AvgIpc) is 2.76.